The van der Waals surface area contributed by atoms with Crippen LogP contribution >= 0.6 is 24.0 Å². The number of carboxylic acid groups (broad SMARTS) is 1. The van der Waals surface area contributed by atoms with Gasteiger partial charge in [-0.3, -0.25) is 14.5 Å². The molecule has 0 radical (unpaired) electrons. The minimum absolute atomic E-state index is 0.134. The maximum atomic E-state index is 13.9. The number of carboxylic acids is 1. The minimum atomic E-state index is -1.35. The van der Waals surface area contributed by atoms with Crippen molar-refractivity contribution in [3.05, 3.63) is 64.3 Å². The number of rotatable bonds is 5. The van der Waals surface area contributed by atoms with E-state index >= 15 is 0 Å². The fraction of sp³-hybridized carbons (Fsp3) is 0.100. The second-order valence-corrected chi connectivity index (χ2v) is 7.95. The lowest BCUT2D eigenvalue weighted by molar-refractivity contribution is -0.129. The van der Waals surface area contributed by atoms with E-state index in [0.29, 0.717) is 0 Å². The molecule has 1 aliphatic rings. The number of carbonyl (C=O) groups is 3. The number of nitrogens with zero attached hydrogens (tertiary/aromatic N) is 1. The number of carbonyl (C=O) groups excluding carboxylic acids is 2. The van der Waals surface area contributed by atoms with Crippen molar-refractivity contribution in [3.63, 3.8) is 0 Å². The number of thioether (sulfide) groups is 1. The van der Waals surface area contributed by atoms with Crippen molar-refractivity contribution in [2.75, 3.05) is 5.32 Å². The third kappa shape index (κ3) is 4.34. The quantitative estimate of drug-likeness (QED) is 0.367. The van der Waals surface area contributed by atoms with Gasteiger partial charge in [0.15, 0.2) is 0 Å². The Balaban J connectivity index is 1.79. The lowest BCUT2D eigenvalue weighted by Gasteiger charge is -2.22. The molecule has 1 atom stereocenters. The molecule has 2 aromatic carbocycles. The SMILES string of the molecule is C[C@H](C(=O)Nc1ccc(O)c(C(=O)O)c1)N1C(=O)/C(=C/c2ccccc2F)SC1=S. The number of aromatic hydroxyl groups is 1. The highest BCUT2D eigenvalue weighted by atomic mass is 32.2. The van der Waals surface area contributed by atoms with Crippen molar-refractivity contribution in [1.82, 2.24) is 4.90 Å². The molecular weight excluding hydrogens is 431 g/mol. The Kier molecular flexibility index (Phi) is 6.18. The highest BCUT2D eigenvalue weighted by Gasteiger charge is 2.38. The van der Waals surface area contributed by atoms with Crippen LogP contribution in [0.25, 0.3) is 6.08 Å². The first kappa shape index (κ1) is 21.5. The van der Waals surface area contributed by atoms with Crippen molar-refractivity contribution in [3.8, 4) is 5.75 Å². The summed E-state index contributed by atoms with van der Waals surface area (Å²) < 4.78 is 14.0. The van der Waals surface area contributed by atoms with Gasteiger partial charge in [-0.05, 0) is 37.3 Å². The average molecular weight is 446 g/mol. The number of benzene rings is 2. The molecule has 0 bridgehead atoms. The minimum Gasteiger partial charge on any atom is -0.507 e. The van der Waals surface area contributed by atoms with Gasteiger partial charge in [0.05, 0.1) is 4.91 Å². The van der Waals surface area contributed by atoms with Crippen molar-refractivity contribution in [2.45, 2.75) is 13.0 Å². The Bertz CT molecular complexity index is 1100. The molecule has 0 saturated carbocycles. The van der Waals surface area contributed by atoms with Crippen LogP contribution in [0, 0.1) is 5.82 Å². The van der Waals surface area contributed by atoms with Crippen molar-refractivity contribution in [2.24, 2.45) is 0 Å². The number of hydrogen-bond donors (Lipinski definition) is 3. The number of nitrogens with one attached hydrogen (secondary N) is 1. The molecule has 0 spiro atoms. The first-order valence-corrected chi connectivity index (χ1v) is 9.80. The Labute approximate surface area is 180 Å². The van der Waals surface area contributed by atoms with Gasteiger partial charge >= 0.3 is 5.97 Å². The average Bonchev–Trinajstić information content (AvgIpc) is 2.97. The van der Waals surface area contributed by atoms with Crippen LogP contribution in [0.15, 0.2) is 47.4 Å². The molecular formula is C20H15FN2O5S2. The monoisotopic (exact) mass is 446 g/mol. The lowest BCUT2D eigenvalue weighted by atomic mass is 10.1. The van der Waals surface area contributed by atoms with Crippen LogP contribution in [0.1, 0.15) is 22.8 Å². The van der Waals surface area contributed by atoms with Gasteiger partial charge in [0.2, 0.25) is 5.91 Å². The highest BCUT2D eigenvalue weighted by molar-refractivity contribution is 8.26. The maximum absolute atomic E-state index is 13.9. The van der Waals surface area contributed by atoms with Gasteiger partial charge in [0, 0.05) is 11.3 Å². The molecule has 30 heavy (non-hydrogen) atoms. The summed E-state index contributed by atoms with van der Waals surface area (Å²) in [6.07, 6.45) is 1.37. The lowest BCUT2D eigenvalue weighted by Crippen LogP contribution is -2.44. The van der Waals surface area contributed by atoms with Crippen LogP contribution in [-0.2, 0) is 9.59 Å². The first-order chi connectivity index (χ1) is 14.2. The van der Waals surface area contributed by atoms with Crippen LogP contribution < -0.4 is 5.32 Å². The summed E-state index contributed by atoms with van der Waals surface area (Å²) in [7, 11) is 0. The predicted octanol–water partition coefficient (Wildman–Crippen LogP) is 3.46. The molecule has 2 aromatic rings. The van der Waals surface area contributed by atoms with Gasteiger partial charge < -0.3 is 15.5 Å². The number of thiocarbonyl (C=S) groups is 1. The van der Waals surface area contributed by atoms with Gasteiger partial charge in [-0.1, -0.05) is 42.2 Å². The Morgan fingerprint density at radius 3 is 2.63 bits per heavy atom. The zero-order valence-electron chi connectivity index (χ0n) is 15.5. The summed E-state index contributed by atoms with van der Waals surface area (Å²) in [5.41, 5.74) is -0.0197. The van der Waals surface area contributed by atoms with Gasteiger partial charge in [-0.15, -0.1) is 0 Å². The molecule has 10 heteroatoms. The van der Waals surface area contributed by atoms with E-state index in [0.717, 1.165) is 28.8 Å². The van der Waals surface area contributed by atoms with Crippen LogP contribution in [0.2, 0.25) is 0 Å². The Morgan fingerprint density at radius 2 is 1.97 bits per heavy atom. The first-order valence-electron chi connectivity index (χ1n) is 8.58. The van der Waals surface area contributed by atoms with Gasteiger partial charge in [-0.2, -0.15) is 0 Å². The van der Waals surface area contributed by atoms with Crippen LogP contribution in [0.4, 0.5) is 10.1 Å². The summed E-state index contributed by atoms with van der Waals surface area (Å²) >= 11 is 6.18. The molecule has 154 valence electrons. The largest absolute Gasteiger partial charge is 0.507 e. The van der Waals surface area contributed by atoms with E-state index < -0.39 is 35.4 Å². The molecule has 1 heterocycles. The summed E-state index contributed by atoms with van der Waals surface area (Å²) in [5.74, 6) is -3.43. The number of phenols is 1. The van der Waals surface area contributed by atoms with E-state index in [4.69, 9.17) is 17.3 Å². The predicted molar refractivity (Wildman–Crippen MR) is 115 cm³/mol. The molecule has 7 nitrogen and oxygen atoms in total. The molecule has 1 aliphatic heterocycles. The van der Waals surface area contributed by atoms with Crippen LogP contribution in [0.5, 0.6) is 5.75 Å². The third-order valence-electron chi connectivity index (χ3n) is 4.28. The number of halogens is 1. The van der Waals surface area contributed by atoms with Gasteiger partial charge in [-0.25, -0.2) is 9.18 Å². The molecule has 0 aliphatic carbocycles. The maximum Gasteiger partial charge on any atom is 0.339 e. The Hall–Kier alpha value is -3.24. The number of aromatic carboxylic acids is 1. The number of amides is 2. The van der Waals surface area contributed by atoms with Crippen LogP contribution in [-0.4, -0.2) is 43.3 Å². The zero-order chi connectivity index (χ0) is 22.0. The van der Waals surface area contributed by atoms with E-state index in [1.54, 1.807) is 6.07 Å². The third-order valence-corrected chi connectivity index (χ3v) is 5.61. The summed E-state index contributed by atoms with van der Waals surface area (Å²) in [6.45, 7) is 1.46. The van der Waals surface area contributed by atoms with Crippen LogP contribution in [0.3, 0.4) is 0 Å². The number of anilines is 1. The normalized spacial score (nSPS) is 16.1. The molecule has 0 unspecified atom stereocenters. The van der Waals surface area contributed by atoms with E-state index in [1.165, 1.54) is 37.3 Å². The topological polar surface area (TPSA) is 107 Å². The molecule has 3 rings (SSSR count). The molecule has 1 fully saturated rings. The fourth-order valence-electron chi connectivity index (χ4n) is 2.70. The van der Waals surface area contributed by atoms with Crippen molar-refractivity contribution < 1.29 is 29.0 Å². The standard InChI is InChI=1S/C20H15FN2O5S2/c1-10(17(25)22-12-6-7-15(24)13(9-12)19(27)28)23-18(26)16(30-20(23)29)8-11-4-2-3-5-14(11)21/h2-10,24H,1H3,(H,22,25)(H,27,28)/b16-8-/t10-/m1/s1. The highest BCUT2D eigenvalue weighted by Crippen LogP contribution is 2.34. The summed E-state index contributed by atoms with van der Waals surface area (Å²) in [4.78, 5) is 37.8. The van der Waals surface area contributed by atoms with Gasteiger partial charge in [0.25, 0.3) is 5.91 Å². The second-order valence-electron chi connectivity index (χ2n) is 6.28. The van der Waals surface area contributed by atoms with E-state index in [-0.39, 0.29) is 26.0 Å². The smallest absolute Gasteiger partial charge is 0.339 e. The van der Waals surface area contributed by atoms with E-state index in [2.05, 4.69) is 5.32 Å². The molecule has 1 saturated heterocycles. The zero-order valence-corrected chi connectivity index (χ0v) is 17.1. The fourth-order valence-corrected chi connectivity index (χ4v) is 4.11. The number of hydrogen-bond acceptors (Lipinski definition) is 6. The second kappa shape index (κ2) is 8.64. The summed E-state index contributed by atoms with van der Waals surface area (Å²) in [6, 6.07) is 8.51. The summed E-state index contributed by atoms with van der Waals surface area (Å²) in [5, 5.41) is 21.1. The molecule has 0 aromatic heterocycles. The van der Waals surface area contributed by atoms with Crippen molar-refractivity contribution >= 4 is 57.8 Å². The van der Waals surface area contributed by atoms with Gasteiger partial charge in [0.1, 0.15) is 27.5 Å². The molecule has 3 N–H and O–H groups in total. The Morgan fingerprint density at radius 1 is 1.27 bits per heavy atom. The molecule has 2 amide bonds. The van der Waals surface area contributed by atoms with E-state index in [1.807, 2.05) is 0 Å². The van der Waals surface area contributed by atoms with E-state index in [9.17, 15) is 23.9 Å². The van der Waals surface area contributed by atoms with Crippen molar-refractivity contribution in [1.29, 1.82) is 0 Å².